The Labute approximate surface area is 184 Å². The first-order valence-corrected chi connectivity index (χ1v) is 10.00. The van der Waals surface area contributed by atoms with E-state index < -0.39 is 11.8 Å². The van der Waals surface area contributed by atoms with Gasteiger partial charge in [-0.3, -0.25) is 14.4 Å². The summed E-state index contributed by atoms with van der Waals surface area (Å²) in [5.41, 5.74) is 3.20. The van der Waals surface area contributed by atoms with Crippen LogP contribution in [0.2, 0.25) is 5.02 Å². The molecule has 0 spiro atoms. The summed E-state index contributed by atoms with van der Waals surface area (Å²) in [6.45, 7) is 3.54. The molecule has 3 aromatic carbocycles. The van der Waals surface area contributed by atoms with Crippen molar-refractivity contribution in [1.29, 1.82) is 0 Å². The van der Waals surface area contributed by atoms with E-state index in [9.17, 15) is 14.4 Å². The maximum Gasteiger partial charge on any atom is 0.266 e. The molecule has 1 aliphatic rings. The molecule has 0 radical (unpaired) electrons. The molecule has 4 rings (SSSR count). The third-order valence-electron chi connectivity index (χ3n) is 5.02. The van der Waals surface area contributed by atoms with Gasteiger partial charge in [-0.15, -0.1) is 0 Å². The van der Waals surface area contributed by atoms with E-state index in [2.05, 4.69) is 5.32 Å². The summed E-state index contributed by atoms with van der Waals surface area (Å²) < 4.78 is 5.56. The van der Waals surface area contributed by atoms with Crippen molar-refractivity contribution in [2.75, 3.05) is 16.8 Å². The van der Waals surface area contributed by atoms with Crippen LogP contribution in [0.3, 0.4) is 0 Å². The lowest BCUT2D eigenvalue weighted by Crippen LogP contribution is -2.30. The van der Waals surface area contributed by atoms with Gasteiger partial charge in [0.25, 0.3) is 17.7 Å². The Balaban J connectivity index is 1.47. The second-order valence-electron chi connectivity index (χ2n) is 7.24. The summed E-state index contributed by atoms with van der Waals surface area (Å²) >= 11 is 5.97. The van der Waals surface area contributed by atoms with Gasteiger partial charge in [-0.25, -0.2) is 4.90 Å². The summed E-state index contributed by atoms with van der Waals surface area (Å²) in [5, 5.41) is 3.16. The van der Waals surface area contributed by atoms with Crippen molar-refractivity contribution in [3.8, 4) is 5.75 Å². The highest BCUT2D eigenvalue weighted by Crippen LogP contribution is 2.33. The Morgan fingerprint density at radius 1 is 0.935 bits per heavy atom. The van der Waals surface area contributed by atoms with Gasteiger partial charge in [0, 0.05) is 10.7 Å². The molecule has 0 aliphatic carbocycles. The van der Waals surface area contributed by atoms with Crippen molar-refractivity contribution in [2.24, 2.45) is 0 Å². The number of carbonyl (C=O) groups excluding carboxylic acids is 3. The Bertz CT molecular complexity index is 1220. The molecule has 0 saturated carbocycles. The lowest BCUT2D eigenvalue weighted by atomic mass is 10.1. The molecule has 156 valence electrons. The predicted octanol–water partition coefficient (Wildman–Crippen LogP) is 4.77. The maximum absolute atomic E-state index is 12.8. The predicted molar refractivity (Wildman–Crippen MR) is 119 cm³/mol. The Hall–Kier alpha value is -3.64. The van der Waals surface area contributed by atoms with Crippen molar-refractivity contribution in [3.05, 3.63) is 87.9 Å². The topological polar surface area (TPSA) is 75.7 Å². The molecule has 3 aromatic rings. The number of imide groups is 1. The summed E-state index contributed by atoms with van der Waals surface area (Å²) in [5.74, 6) is -0.488. The quantitative estimate of drug-likeness (QED) is 0.586. The third kappa shape index (κ3) is 4.02. The molecule has 0 bridgehead atoms. The summed E-state index contributed by atoms with van der Waals surface area (Å²) in [6.07, 6.45) is 0. The van der Waals surface area contributed by atoms with Gasteiger partial charge in [-0.1, -0.05) is 29.8 Å². The normalized spacial score (nSPS) is 12.7. The number of ether oxygens (including phenoxy) is 1. The third-order valence-corrected chi connectivity index (χ3v) is 5.26. The molecule has 3 amide bonds. The maximum atomic E-state index is 12.8. The number of rotatable bonds is 5. The number of aryl methyl sites for hydroxylation is 2. The number of para-hydroxylation sites is 1. The average Bonchev–Trinajstić information content (AvgIpc) is 2.97. The van der Waals surface area contributed by atoms with E-state index in [1.165, 1.54) is 6.07 Å². The van der Waals surface area contributed by atoms with E-state index in [-0.39, 0.29) is 18.1 Å². The minimum Gasteiger partial charge on any atom is -0.483 e. The number of carbonyl (C=O) groups is 3. The van der Waals surface area contributed by atoms with Crippen LogP contribution in [0.15, 0.2) is 60.7 Å². The van der Waals surface area contributed by atoms with E-state index in [0.717, 1.165) is 10.5 Å². The molecule has 0 saturated heterocycles. The molecule has 0 atom stereocenters. The van der Waals surface area contributed by atoms with E-state index in [4.69, 9.17) is 16.3 Å². The van der Waals surface area contributed by atoms with Crippen LogP contribution >= 0.6 is 11.6 Å². The van der Waals surface area contributed by atoms with Gasteiger partial charge in [-0.05, 0) is 67.4 Å². The van der Waals surface area contributed by atoms with Gasteiger partial charge >= 0.3 is 0 Å². The molecule has 0 aromatic heterocycles. The number of hydrogen-bond donors (Lipinski definition) is 1. The molecular formula is C24H19ClN2O4. The van der Waals surface area contributed by atoms with E-state index in [1.807, 2.05) is 25.1 Å². The van der Waals surface area contributed by atoms with Crippen molar-refractivity contribution < 1.29 is 19.1 Å². The summed E-state index contributed by atoms with van der Waals surface area (Å²) in [6, 6.07) is 17.1. The first-order valence-electron chi connectivity index (χ1n) is 9.62. The molecule has 0 unspecified atom stereocenters. The minimum absolute atomic E-state index is 0.134. The number of hydrogen-bond acceptors (Lipinski definition) is 4. The lowest BCUT2D eigenvalue weighted by Gasteiger charge is -2.18. The van der Waals surface area contributed by atoms with Gasteiger partial charge in [0.1, 0.15) is 5.75 Å². The molecule has 7 heteroatoms. The number of nitrogens with one attached hydrogen (secondary N) is 1. The zero-order valence-corrected chi connectivity index (χ0v) is 17.7. The van der Waals surface area contributed by atoms with Crippen molar-refractivity contribution in [3.63, 3.8) is 0 Å². The van der Waals surface area contributed by atoms with E-state index >= 15 is 0 Å². The summed E-state index contributed by atoms with van der Waals surface area (Å²) in [4.78, 5) is 38.9. The highest BCUT2D eigenvalue weighted by atomic mass is 35.5. The molecule has 1 N–H and O–H groups in total. The van der Waals surface area contributed by atoms with E-state index in [0.29, 0.717) is 33.3 Å². The van der Waals surface area contributed by atoms with Gasteiger partial charge in [0.05, 0.1) is 16.8 Å². The smallest absolute Gasteiger partial charge is 0.266 e. The van der Waals surface area contributed by atoms with Crippen LogP contribution in [0, 0.1) is 13.8 Å². The van der Waals surface area contributed by atoms with Crippen LogP contribution in [0.4, 0.5) is 11.4 Å². The fourth-order valence-corrected chi connectivity index (χ4v) is 3.65. The number of nitrogens with zero attached hydrogens (tertiary/aromatic N) is 1. The molecule has 31 heavy (non-hydrogen) atoms. The highest BCUT2D eigenvalue weighted by Gasteiger charge is 2.37. The van der Waals surface area contributed by atoms with Gasteiger partial charge in [0.2, 0.25) is 0 Å². The SMILES string of the molecule is Cc1ccccc1OCC(=O)Nc1ccc(N2C(=O)c3ccc(Cl)cc3C2=O)c(C)c1. The monoisotopic (exact) mass is 434 g/mol. The zero-order chi connectivity index (χ0) is 22.1. The van der Waals surface area contributed by atoms with Crippen LogP contribution in [0.25, 0.3) is 0 Å². The van der Waals surface area contributed by atoms with Crippen molar-refractivity contribution in [2.45, 2.75) is 13.8 Å². The molecular weight excluding hydrogens is 416 g/mol. The van der Waals surface area contributed by atoms with E-state index in [1.54, 1.807) is 43.3 Å². The van der Waals surface area contributed by atoms with Crippen LogP contribution in [-0.4, -0.2) is 24.3 Å². The van der Waals surface area contributed by atoms with Crippen LogP contribution in [0.1, 0.15) is 31.8 Å². The first-order chi connectivity index (χ1) is 14.8. The molecule has 0 fully saturated rings. The second kappa shape index (κ2) is 8.24. The number of benzene rings is 3. The molecule has 1 heterocycles. The molecule has 1 aliphatic heterocycles. The Kier molecular flexibility index (Phi) is 5.48. The standard InChI is InChI=1S/C24H19ClN2O4/c1-14-5-3-4-6-21(14)31-13-22(28)26-17-8-10-20(15(2)11-17)27-23(29)18-9-7-16(25)12-19(18)24(27)30/h3-12H,13H2,1-2H3,(H,26,28). The lowest BCUT2D eigenvalue weighted by molar-refractivity contribution is -0.118. The van der Waals surface area contributed by atoms with Gasteiger partial charge in [0.15, 0.2) is 6.61 Å². The number of fused-ring (bicyclic) bond motifs is 1. The first kappa shape index (κ1) is 20.6. The number of halogens is 1. The van der Waals surface area contributed by atoms with Crippen LogP contribution in [-0.2, 0) is 4.79 Å². The number of anilines is 2. The fraction of sp³-hybridized carbons (Fsp3) is 0.125. The van der Waals surface area contributed by atoms with Crippen molar-refractivity contribution >= 4 is 40.7 Å². The zero-order valence-electron chi connectivity index (χ0n) is 16.9. The highest BCUT2D eigenvalue weighted by molar-refractivity contribution is 6.36. The van der Waals surface area contributed by atoms with Gasteiger partial charge in [-0.2, -0.15) is 0 Å². The van der Waals surface area contributed by atoms with Crippen LogP contribution < -0.4 is 15.0 Å². The minimum atomic E-state index is -0.422. The van der Waals surface area contributed by atoms with Crippen LogP contribution in [0.5, 0.6) is 5.75 Å². The largest absolute Gasteiger partial charge is 0.483 e. The second-order valence-corrected chi connectivity index (χ2v) is 7.68. The average molecular weight is 435 g/mol. The summed E-state index contributed by atoms with van der Waals surface area (Å²) in [7, 11) is 0. The Morgan fingerprint density at radius 3 is 2.42 bits per heavy atom. The van der Waals surface area contributed by atoms with Crippen molar-refractivity contribution in [1.82, 2.24) is 0 Å². The Morgan fingerprint density at radius 2 is 1.68 bits per heavy atom. The number of amides is 3. The van der Waals surface area contributed by atoms with Gasteiger partial charge < -0.3 is 10.1 Å². The molecule has 6 nitrogen and oxygen atoms in total. The fourth-order valence-electron chi connectivity index (χ4n) is 3.47.